The van der Waals surface area contributed by atoms with Gasteiger partial charge in [-0.25, -0.2) is 4.39 Å². The van der Waals surface area contributed by atoms with Crippen LogP contribution in [-0.2, 0) is 6.54 Å². The molecule has 1 heterocycles. The molecule has 0 radical (unpaired) electrons. The van der Waals surface area contributed by atoms with Gasteiger partial charge >= 0.3 is 0 Å². The number of benzene rings is 1. The smallest absolute Gasteiger partial charge is 0.137 e. The number of hydrogen-bond acceptors (Lipinski definition) is 2. The summed E-state index contributed by atoms with van der Waals surface area (Å²) in [5.41, 5.74) is 1.16. The topological polar surface area (TPSA) is 6.48 Å². The fourth-order valence-electron chi connectivity index (χ4n) is 2.27. The quantitative estimate of drug-likeness (QED) is 0.847. The molecule has 1 aromatic carbocycles. The summed E-state index contributed by atoms with van der Waals surface area (Å²) in [4.78, 5) is 4.70. The average Bonchev–Trinajstić information content (AvgIpc) is 2.72. The predicted molar refractivity (Wildman–Crippen MR) is 71.5 cm³/mol. The summed E-state index contributed by atoms with van der Waals surface area (Å²) in [5.74, 6) is -0.193. The monoisotopic (exact) mass is 300 g/mol. The Morgan fingerprint density at radius 3 is 2.82 bits per heavy atom. The Hall–Kier alpha value is -0.450. The molecular formula is C13H18BrFN2. The van der Waals surface area contributed by atoms with Crippen molar-refractivity contribution in [3.63, 3.8) is 0 Å². The van der Waals surface area contributed by atoms with Crippen molar-refractivity contribution in [1.29, 1.82) is 0 Å². The zero-order valence-electron chi connectivity index (χ0n) is 10.3. The molecule has 0 aromatic heterocycles. The third-order valence-electron chi connectivity index (χ3n) is 3.37. The summed E-state index contributed by atoms with van der Waals surface area (Å²) in [7, 11) is 4.26. The Morgan fingerprint density at radius 2 is 2.24 bits per heavy atom. The molecule has 1 fully saturated rings. The molecule has 0 saturated carbocycles. The van der Waals surface area contributed by atoms with Crippen LogP contribution in [0.3, 0.4) is 0 Å². The first kappa shape index (κ1) is 13.0. The van der Waals surface area contributed by atoms with E-state index in [1.807, 2.05) is 12.1 Å². The first-order valence-corrected chi connectivity index (χ1v) is 6.68. The number of nitrogens with zero attached hydrogens (tertiary/aromatic N) is 2. The fraction of sp³-hybridized carbons (Fsp3) is 0.538. The van der Waals surface area contributed by atoms with Crippen molar-refractivity contribution in [3.05, 3.63) is 34.1 Å². The lowest BCUT2D eigenvalue weighted by Crippen LogP contribution is -2.31. The van der Waals surface area contributed by atoms with E-state index in [4.69, 9.17) is 0 Å². The van der Waals surface area contributed by atoms with Crippen LogP contribution in [0, 0.1) is 5.82 Å². The predicted octanol–water partition coefficient (Wildman–Crippen LogP) is 2.72. The summed E-state index contributed by atoms with van der Waals surface area (Å²) in [6.45, 7) is 3.13. The molecule has 17 heavy (non-hydrogen) atoms. The van der Waals surface area contributed by atoms with Crippen LogP contribution in [0.25, 0.3) is 0 Å². The van der Waals surface area contributed by atoms with E-state index in [0.29, 0.717) is 10.5 Å². The van der Waals surface area contributed by atoms with E-state index >= 15 is 0 Å². The van der Waals surface area contributed by atoms with Crippen molar-refractivity contribution >= 4 is 15.9 Å². The number of halogens is 2. The Balaban J connectivity index is 1.96. The Bertz CT molecular complexity index is 395. The van der Waals surface area contributed by atoms with Gasteiger partial charge in [0.15, 0.2) is 0 Å². The second-order valence-electron chi connectivity index (χ2n) is 4.89. The van der Waals surface area contributed by atoms with E-state index in [2.05, 4.69) is 39.8 Å². The number of likely N-dealkylation sites (tertiary alicyclic amines) is 1. The van der Waals surface area contributed by atoms with Gasteiger partial charge in [0.2, 0.25) is 0 Å². The van der Waals surface area contributed by atoms with Crippen LogP contribution in [0.15, 0.2) is 22.7 Å². The first-order valence-electron chi connectivity index (χ1n) is 5.89. The Labute approximate surface area is 111 Å². The molecule has 1 atom stereocenters. The molecule has 0 aliphatic carbocycles. The number of likely N-dealkylation sites (N-methyl/N-ethyl adjacent to an activating group) is 1. The van der Waals surface area contributed by atoms with Crippen LogP contribution in [-0.4, -0.2) is 43.0 Å². The molecule has 2 rings (SSSR count). The maximum Gasteiger partial charge on any atom is 0.137 e. The summed E-state index contributed by atoms with van der Waals surface area (Å²) in [6, 6.07) is 5.92. The molecular weight excluding hydrogens is 283 g/mol. The second-order valence-corrected chi connectivity index (χ2v) is 5.74. The highest BCUT2D eigenvalue weighted by Crippen LogP contribution is 2.20. The zero-order valence-corrected chi connectivity index (χ0v) is 11.9. The number of rotatable bonds is 3. The highest BCUT2D eigenvalue weighted by atomic mass is 79.9. The first-order chi connectivity index (χ1) is 8.06. The lowest BCUT2D eigenvalue weighted by molar-refractivity contribution is 0.264. The summed E-state index contributed by atoms with van der Waals surface area (Å²) in [5, 5.41) is 0. The molecule has 1 unspecified atom stereocenters. The van der Waals surface area contributed by atoms with Crippen molar-refractivity contribution in [2.24, 2.45) is 0 Å². The van der Waals surface area contributed by atoms with E-state index in [9.17, 15) is 4.39 Å². The average molecular weight is 301 g/mol. The molecule has 1 aliphatic rings. The molecule has 0 N–H and O–H groups in total. The maximum absolute atomic E-state index is 13.1. The van der Waals surface area contributed by atoms with Gasteiger partial charge in [-0.15, -0.1) is 0 Å². The van der Waals surface area contributed by atoms with Crippen LogP contribution < -0.4 is 0 Å². The van der Waals surface area contributed by atoms with Gasteiger partial charge in [-0.05, 0) is 54.1 Å². The minimum absolute atomic E-state index is 0.193. The summed E-state index contributed by atoms with van der Waals surface area (Å²) < 4.78 is 13.7. The van der Waals surface area contributed by atoms with Gasteiger partial charge in [0, 0.05) is 25.7 Å². The van der Waals surface area contributed by atoms with Crippen LogP contribution in [0.4, 0.5) is 4.39 Å². The van der Waals surface area contributed by atoms with E-state index in [1.54, 1.807) is 0 Å². The molecule has 1 saturated heterocycles. The molecule has 0 bridgehead atoms. The maximum atomic E-state index is 13.1. The van der Waals surface area contributed by atoms with Crippen molar-refractivity contribution in [1.82, 2.24) is 9.80 Å². The van der Waals surface area contributed by atoms with Gasteiger partial charge < -0.3 is 4.90 Å². The Kier molecular flexibility index (Phi) is 4.17. The van der Waals surface area contributed by atoms with Crippen molar-refractivity contribution < 1.29 is 4.39 Å². The molecule has 1 aliphatic heterocycles. The van der Waals surface area contributed by atoms with Gasteiger partial charge in [0.25, 0.3) is 0 Å². The highest BCUT2D eigenvalue weighted by Gasteiger charge is 2.23. The lowest BCUT2D eigenvalue weighted by Gasteiger charge is -2.20. The van der Waals surface area contributed by atoms with E-state index in [0.717, 1.165) is 25.2 Å². The van der Waals surface area contributed by atoms with Crippen LogP contribution in [0.5, 0.6) is 0 Å². The van der Waals surface area contributed by atoms with Crippen LogP contribution >= 0.6 is 15.9 Å². The highest BCUT2D eigenvalue weighted by molar-refractivity contribution is 9.10. The van der Waals surface area contributed by atoms with Gasteiger partial charge in [-0.3, -0.25) is 4.90 Å². The van der Waals surface area contributed by atoms with Crippen LogP contribution in [0.1, 0.15) is 12.0 Å². The number of hydrogen-bond donors (Lipinski definition) is 0. The van der Waals surface area contributed by atoms with Crippen molar-refractivity contribution in [3.8, 4) is 0 Å². The fourth-order valence-corrected chi connectivity index (χ4v) is 2.70. The molecule has 0 spiro atoms. The minimum atomic E-state index is -0.193. The van der Waals surface area contributed by atoms with Crippen LogP contribution in [0.2, 0.25) is 0 Å². The molecule has 1 aromatic rings. The standard InChI is InChI=1S/C13H18BrFN2/c1-16(2)11-5-6-17(9-11)8-10-3-4-13(15)12(14)7-10/h3-4,7,11H,5-6,8-9H2,1-2H3. The molecule has 0 amide bonds. The van der Waals surface area contributed by atoms with Gasteiger partial charge in [0.05, 0.1) is 4.47 Å². The largest absolute Gasteiger partial charge is 0.305 e. The van der Waals surface area contributed by atoms with Crippen molar-refractivity contribution in [2.75, 3.05) is 27.2 Å². The van der Waals surface area contributed by atoms with E-state index in [1.165, 1.54) is 12.5 Å². The normalized spacial score (nSPS) is 21.4. The van der Waals surface area contributed by atoms with Gasteiger partial charge in [-0.2, -0.15) is 0 Å². The Morgan fingerprint density at radius 1 is 1.47 bits per heavy atom. The molecule has 4 heteroatoms. The van der Waals surface area contributed by atoms with Crippen molar-refractivity contribution in [2.45, 2.75) is 19.0 Å². The van der Waals surface area contributed by atoms with E-state index < -0.39 is 0 Å². The van der Waals surface area contributed by atoms with Gasteiger partial charge in [-0.1, -0.05) is 6.07 Å². The lowest BCUT2D eigenvalue weighted by atomic mass is 10.2. The second kappa shape index (κ2) is 5.46. The third-order valence-corrected chi connectivity index (χ3v) is 3.98. The van der Waals surface area contributed by atoms with Gasteiger partial charge in [0.1, 0.15) is 5.82 Å². The summed E-state index contributed by atoms with van der Waals surface area (Å²) in [6.07, 6.45) is 1.22. The summed E-state index contributed by atoms with van der Waals surface area (Å²) >= 11 is 3.23. The molecule has 2 nitrogen and oxygen atoms in total. The van der Waals surface area contributed by atoms with E-state index in [-0.39, 0.29) is 5.82 Å². The SMILES string of the molecule is CN(C)C1CCN(Cc2ccc(F)c(Br)c2)C1. The zero-order chi connectivity index (χ0) is 12.4. The minimum Gasteiger partial charge on any atom is -0.305 e. The third kappa shape index (κ3) is 3.27. The molecule has 94 valence electrons.